The third-order valence-corrected chi connectivity index (χ3v) is 3.98. The summed E-state index contributed by atoms with van der Waals surface area (Å²) in [5.41, 5.74) is 8.66. The average molecular weight is 304 g/mol. The Morgan fingerprint density at radius 3 is 2.52 bits per heavy atom. The molecule has 1 heterocycles. The molecular formula is C21H24N2. The van der Waals surface area contributed by atoms with Gasteiger partial charge < -0.3 is 0 Å². The summed E-state index contributed by atoms with van der Waals surface area (Å²) in [4.78, 5) is 9.14. The Balaban J connectivity index is 2.38. The van der Waals surface area contributed by atoms with E-state index in [1.165, 1.54) is 5.56 Å². The normalized spacial score (nSPS) is 12.4. The first-order valence-electron chi connectivity index (χ1n) is 7.80. The summed E-state index contributed by atoms with van der Waals surface area (Å²) in [6.07, 6.45) is 3.95. The van der Waals surface area contributed by atoms with Crippen LogP contribution in [0.3, 0.4) is 0 Å². The molecule has 2 nitrogen and oxygen atoms in total. The molecule has 2 aromatic rings. The van der Waals surface area contributed by atoms with Crippen molar-refractivity contribution in [3.8, 4) is 0 Å². The van der Waals surface area contributed by atoms with E-state index in [1.54, 1.807) is 0 Å². The monoisotopic (exact) mass is 304 g/mol. The van der Waals surface area contributed by atoms with E-state index in [9.17, 15) is 0 Å². The smallest absolute Gasteiger partial charge is 0.0668 e. The van der Waals surface area contributed by atoms with Crippen LogP contribution in [0.15, 0.2) is 53.7 Å². The Morgan fingerprint density at radius 2 is 1.87 bits per heavy atom. The van der Waals surface area contributed by atoms with Gasteiger partial charge in [0.1, 0.15) is 0 Å². The zero-order valence-electron chi connectivity index (χ0n) is 14.6. The van der Waals surface area contributed by atoms with Crippen LogP contribution in [0.5, 0.6) is 0 Å². The van der Waals surface area contributed by atoms with Gasteiger partial charge >= 0.3 is 0 Å². The first kappa shape index (κ1) is 16.9. The molecule has 0 aliphatic heterocycles. The quantitative estimate of drug-likeness (QED) is 0.643. The predicted octanol–water partition coefficient (Wildman–Crippen LogP) is 5.93. The van der Waals surface area contributed by atoms with Gasteiger partial charge in [0.25, 0.3) is 0 Å². The fourth-order valence-electron chi connectivity index (χ4n) is 2.25. The van der Waals surface area contributed by atoms with E-state index in [4.69, 9.17) is 4.99 Å². The molecule has 0 amide bonds. The topological polar surface area (TPSA) is 25.2 Å². The third-order valence-electron chi connectivity index (χ3n) is 3.98. The zero-order chi connectivity index (χ0) is 17.0. The van der Waals surface area contributed by atoms with Crippen LogP contribution in [0, 0.1) is 13.8 Å². The SMILES string of the molecule is C=C(C)c1ccc(C)c(/N=C(C)/C(C)=C/c2cccnc2C)c1. The van der Waals surface area contributed by atoms with Crippen LogP contribution in [0.4, 0.5) is 5.69 Å². The molecule has 0 spiro atoms. The second-order valence-electron chi connectivity index (χ2n) is 5.98. The number of rotatable bonds is 4. The minimum Gasteiger partial charge on any atom is -0.261 e. The fraction of sp³-hybridized carbons (Fsp3) is 0.238. The molecule has 118 valence electrons. The summed E-state index contributed by atoms with van der Waals surface area (Å²) in [7, 11) is 0. The van der Waals surface area contributed by atoms with E-state index in [2.05, 4.69) is 55.8 Å². The van der Waals surface area contributed by atoms with Crippen LogP contribution in [0.2, 0.25) is 0 Å². The molecule has 0 atom stereocenters. The number of hydrogen-bond donors (Lipinski definition) is 0. The molecule has 0 N–H and O–H groups in total. The summed E-state index contributed by atoms with van der Waals surface area (Å²) in [5, 5.41) is 0. The number of nitrogens with zero attached hydrogens (tertiary/aromatic N) is 2. The maximum absolute atomic E-state index is 4.81. The summed E-state index contributed by atoms with van der Waals surface area (Å²) >= 11 is 0. The van der Waals surface area contributed by atoms with E-state index in [1.807, 2.05) is 33.0 Å². The second kappa shape index (κ2) is 7.19. The molecule has 1 aromatic heterocycles. The molecule has 0 aliphatic rings. The molecule has 0 saturated carbocycles. The van der Waals surface area contributed by atoms with Crippen molar-refractivity contribution in [1.82, 2.24) is 4.98 Å². The van der Waals surface area contributed by atoms with Crippen LogP contribution in [-0.2, 0) is 0 Å². The van der Waals surface area contributed by atoms with Crippen LogP contribution < -0.4 is 0 Å². The first-order valence-corrected chi connectivity index (χ1v) is 7.80. The van der Waals surface area contributed by atoms with E-state index in [-0.39, 0.29) is 0 Å². The minimum atomic E-state index is 0.999. The Hall–Kier alpha value is -2.48. The third kappa shape index (κ3) is 4.26. The molecule has 0 unspecified atom stereocenters. The molecule has 2 heteroatoms. The van der Waals surface area contributed by atoms with Crippen molar-refractivity contribution < 1.29 is 0 Å². The number of benzene rings is 1. The van der Waals surface area contributed by atoms with Crippen molar-refractivity contribution in [3.63, 3.8) is 0 Å². The van der Waals surface area contributed by atoms with Crippen molar-refractivity contribution in [1.29, 1.82) is 0 Å². The number of aryl methyl sites for hydroxylation is 2. The highest BCUT2D eigenvalue weighted by atomic mass is 14.7. The molecule has 0 fully saturated rings. The lowest BCUT2D eigenvalue weighted by Gasteiger charge is -2.08. The average Bonchev–Trinajstić information content (AvgIpc) is 2.51. The summed E-state index contributed by atoms with van der Waals surface area (Å²) in [6, 6.07) is 10.3. The number of aromatic nitrogens is 1. The molecule has 1 aromatic carbocycles. The van der Waals surface area contributed by atoms with Gasteiger partial charge in [-0.3, -0.25) is 9.98 Å². The van der Waals surface area contributed by atoms with Crippen molar-refractivity contribution in [2.45, 2.75) is 34.6 Å². The Bertz CT molecular complexity index is 795. The summed E-state index contributed by atoms with van der Waals surface area (Å²) < 4.78 is 0. The lowest BCUT2D eigenvalue weighted by Crippen LogP contribution is -1.95. The number of aliphatic imine (C=N–C) groups is 1. The maximum atomic E-state index is 4.81. The largest absolute Gasteiger partial charge is 0.261 e. The van der Waals surface area contributed by atoms with Crippen molar-refractivity contribution in [2.24, 2.45) is 4.99 Å². The molecule has 23 heavy (non-hydrogen) atoms. The van der Waals surface area contributed by atoms with Crippen LogP contribution >= 0.6 is 0 Å². The maximum Gasteiger partial charge on any atom is 0.0668 e. The highest BCUT2D eigenvalue weighted by Crippen LogP contribution is 2.25. The van der Waals surface area contributed by atoms with Gasteiger partial charge in [0, 0.05) is 17.6 Å². The van der Waals surface area contributed by atoms with Gasteiger partial charge in [0.2, 0.25) is 0 Å². The number of allylic oxidation sites excluding steroid dienone is 2. The second-order valence-corrected chi connectivity index (χ2v) is 5.98. The van der Waals surface area contributed by atoms with Gasteiger partial charge in [0.15, 0.2) is 0 Å². The molecule has 0 radical (unpaired) electrons. The van der Waals surface area contributed by atoms with E-state index < -0.39 is 0 Å². The number of pyridine rings is 1. The number of hydrogen-bond acceptors (Lipinski definition) is 2. The molecular weight excluding hydrogens is 280 g/mol. The van der Waals surface area contributed by atoms with Gasteiger partial charge in [-0.05, 0) is 75.1 Å². The molecule has 0 saturated heterocycles. The van der Waals surface area contributed by atoms with E-state index in [0.717, 1.165) is 39.4 Å². The van der Waals surface area contributed by atoms with Crippen LogP contribution in [0.25, 0.3) is 11.6 Å². The zero-order valence-corrected chi connectivity index (χ0v) is 14.6. The molecule has 2 rings (SSSR count). The van der Waals surface area contributed by atoms with Crippen LogP contribution in [-0.4, -0.2) is 10.7 Å². The first-order chi connectivity index (χ1) is 10.9. The lowest BCUT2D eigenvalue weighted by atomic mass is 10.0. The Labute approximate surface area is 139 Å². The standard InChI is InChI=1S/C21H24N2/c1-14(2)19-10-9-15(3)21(13-19)23-17(5)16(4)12-20-8-7-11-22-18(20)6/h7-13H,1H2,2-6H3/b16-12+,23-17+. The van der Waals surface area contributed by atoms with E-state index in [0.29, 0.717) is 0 Å². The fourth-order valence-corrected chi connectivity index (χ4v) is 2.25. The van der Waals surface area contributed by atoms with Crippen molar-refractivity contribution >= 4 is 23.0 Å². The van der Waals surface area contributed by atoms with Gasteiger partial charge in [-0.1, -0.05) is 30.4 Å². The van der Waals surface area contributed by atoms with E-state index >= 15 is 0 Å². The molecule has 0 aliphatic carbocycles. The van der Waals surface area contributed by atoms with Crippen molar-refractivity contribution in [2.75, 3.05) is 0 Å². The van der Waals surface area contributed by atoms with Gasteiger partial charge in [-0.2, -0.15) is 0 Å². The highest BCUT2D eigenvalue weighted by Gasteiger charge is 2.03. The van der Waals surface area contributed by atoms with Gasteiger partial charge in [0.05, 0.1) is 5.69 Å². The van der Waals surface area contributed by atoms with Gasteiger partial charge in [-0.25, -0.2) is 0 Å². The van der Waals surface area contributed by atoms with Gasteiger partial charge in [-0.15, -0.1) is 0 Å². The highest BCUT2D eigenvalue weighted by molar-refractivity contribution is 6.03. The van der Waals surface area contributed by atoms with Crippen LogP contribution in [0.1, 0.15) is 43.2 Å². The Morgan fingerprint density at radius 1 is 1.13 bits per heavy atom. The predicted molar refractivity (Wildman–Crippen MR) is 101 cm³/mol. The molecule has 0 bridgehead atoms. The Kier molecular flexibility index (Phi) is 5.28. The minimum absolute atomic E-state index is 0.999. The lowest BCUT2D eigenvalue weighted by molar-refractivity contribution is 1.19. The summed E-state index contributed by atoms with van der Waals surface area (Å²) in [5.74, 6) is 0. The van der Waals surface area contributed by atoms with Crippen molar-refractivity contribution in [3.05, 3.63) is 71.1 Å². The summed E-state index contributed by atoms with van der Waals surface area (Å²) in [6.45, 7) is 14.3.